The lowest BCUT2D eigenvalue weighted by Crippen LogP contribution is -2.34. The number of unbranched alkanes of at least 4 members (excludes halogenated alkanes) is 1. The highest BCUT2D eigenvalue weighted by Gasteiger charge is 2.32. The molecule has 0 spiro atoms. The zero-order valence-corrected chi connectivity index (χ0v) is 14.2. The largest absolute Gasteiger partial charge is 0.442 e. The van der Waals surface area contributed by atoms with E-state index in [4.69, 9.17) is 4.74 Å². The van der Waals surface area contributed by atoms with Gasteiger partial charge in [0.2, 0.25) is 5.91 Å². The first-order chi connectivity index (χ1) is 11.0. The number of nitrogens with one attached hydrogen (secondary N) is 1. The third-order valence-corrected chi connectivity index (χ3v) is 4.03. The maximum atomic E-state index is 12.0. The van der Waals surface area contributed by atoms with Crippen LogP contribution in [0.5, 0.6) is 0 Å². The molecule has 0 aromatic heterocycles. The summed E-state index contributed by atoms with van der Waals surface area (Å²) in [6.07, 6.45) is 1.75. The summed E-state index contributed by atoms with van der Waals surface area (Å²) < 4.78 is 5.33. The van der Waals surface area contributed by atoms with Crippen LogP contribution in [0.25, 0.3) is 0 Å². The van der Waals surface area contributed by atoms with E-state index in [-0.39, 0.29) is 18.1 Å². The predicted octanol–water partition coefficient (Wildman–Crippen LogP) is 3.44. The summed E-state index contributed by atoms with van der Waals surface area (Å²) in [6, 6.07) is 7.96. The van der Waals surface area contributed by atoms with Gasteiger partial charge in [-0.25, -0.2) is 4.79 Å². The van der Waals surface area contributed by atoms with Crippen molar-refractivity contribution in [2.24, 2.45) is 0 Å². The normalized spacial score (nSPS) is 17.5. The molecule has 0 saturated carbocycles. The summed E-state index contributed by atoms with van der Waals surface area (Å²) in [6.45, 7) is 7.16. The lowest BCUT2D eigenvalue weighted by molar-refractivity contribution is -0.121. The Morgan fingerprint density at radius 3 is 2.65 bits per heavy atom. The Hall–Kier alpha value is -2.04. The predicted molar refractivity (Wildman–Crippen MR) is 90.7 cm³/mol. The molecule has 0 bridgehead atoms. The quantitative estimate of drug-likeness (QED) is 0.838. The monoisotopic (exact) mass is 318 g/mol. The first kappa shape index (κ1) is 17.3. The van der Waals surface area contributed by atoms with Gasteiger partial charge in [-0.3, -0.25) is 9.69 Å². The number of ether oxygens (including phenoxy) is 1. The number of anilines is 1. The van der Waals surface area contributed by atoms with E-state index in [9.17, 15) is 9.59 Å². The molecule has 1 atom stereocenters. The number of nitrogens with zero attached hydrogens (tertiary/aromatic N) is 1. The summed E-state index contributed by atoms with van der Waals surface area (Å²) in [4.78, 5) is 25.3. The molecule has 1 saturated heterocycles. The van der Waals surface area contributed by atoms with Crippen molar-refractivity contribution in [3.8, 4) is 0 Å². The van der Waals surface area contributed by atoms with Crippen molar-refractivity contribution >= 4 is 17.7 Å². The number of cyclic esters (lactones) is 1. The van der Waals surface area contributed by atoms with E-state index in [1.165, 1.54) is 5.56 Å². The summed E-state index contributed by atoms with van der Waals surface area (Å²) >= 11 is 0. The van der Waals surface area contributed by atoms with Gasteiger partial charge in [0.15, 0.2) is 0 Å². The molecule has 2 rings (SSSR count). The number of rotatable bonds is 7. The fourth-order valence-corrected chi connectivity index (χ4v) is 2.53. The average molecular weight is 318 g/mol. The van der Waals surface area contributed by atoms with Crippen LogP contribution in [0.15, 0.2) is 24.3 Å². The van der Waals surface area contributed by atoms with Crippen LogP contribution < -0.4 is 10.2 Å². The number of amides is 2. The standard InChI is InChI=1S/C18H26N2O3/c1-4-5-6-17(21)19-11-16-12-20(18(22)23-16)15-9-7-14(8-10-15)13(2)3/h7-10,13,16H,4-6,11-12H2,1-3H3,(H,19,21). The van der Waals surface area contributed by atoms with Crippen LogP contribution in [-0.2, 0) is 9.53 Å². The second-order valence-corrected chi connectivity index (χ2v) is 6.27. The van der Waals surface area contributed by atoms with Gasteiger partial charge >= 0.3 is 6.09 Å². The highest BCUT2D eigenvalue weighted by molar-refractivity contribution is 5.89. The van der Waals surface area contributed by atoms with Gasteiger partial charge in [0, 0.05) is 12.1 Å². The molecular weight excluding hydrogens is 292 g/mol. The van der Waals surface area contributed by atoms with Crippen molar-refractivity contribution in [1.29, 1.82) is 0 Å². The zero-order valence-electron chi connectivity index (χ0n) is 14.2. The van der Waals surface area contributed by atoms with Crippen LogP contribution in [0.3, 0.4) is 0 Å². The van der Waals surface area contributed by atoms with Gasteiger partial charge in [-0.05, 0) is 30.0 Å². The fourth-order valence-electron chi connectivity index (χ4n) is 2.53. The van der Waals surface area contributed by atoms with Crippen molar-refractivity contribution in [3.05, 3.63) is 29.8 Å². The molecule has 0 radical (unpaired) electrons. The van der Waals surface area contributed by atoms with E-state index >= 15 is 0 Å². The molecule has 1 fully saturated rings. The van der Waals surface area contributed by atoms with Gasteiger partial charge in [0.1, 0.15) is 6.10 Å². The van der Waals surface area contributed by atoms with Crippen LogP contribution in [0.1, 0.15) is 51.5 Å². The first-order valence-electron chi connectivity index (χ1n) is 8.36. The Labute approximate surface area is 138 Å². The van der Waals surface area contributed by atoms with Crippen LogP contribution >= 0.6 is 0 Å². The van der Waals surface area contributed by atoms with Crippen molar-refractivity contribution < 1.29 is 14.3 Å². The Balaban J connectivity index is 1.88. The van der Waals surface area contributed by atoms with Crippen LogP contribution in [0.4, 0.5) is 10.5 Å². The van der Waals surface area contributed by atoms with E-state index in [1.54, 1.807) is 4.90 Å². The topological polar surface area (TPSA) is 58.6 Å². The minimum absolute atomic E-state index is 0.0163. The lowest BCUT2D eigenvalue weighted by atomic mass is 10.0. The number of carbonyl (C=O) groups excluding carboxylic acids is 2. The Kier molecular flexibility index (Phi) is 6.02. The Bertz CT molecular complexity index is 540. The maximum Gasteiger partial charge on any atom is 0.414 e. The van der Waals surface area contributed by atoms with Crippen molar-refractivity contribution in [1.82, 2.24) is 5.32 Å². The van der Waals surface area contributed by atoms with Crippen LogP contribution in [0, 0.1) is 0 Å². The van der Waals surface area contributed by atoms with E-state index in [0.29, 0.717) is 25.4 Å². The van der Waals surface area contributed by atoms with Crippen molar-refractivity contribution in [2.75, 3.05) is 18.0 Å². The number of hydrogen-bond acceptors (Lipinski definition) is 3. The second-order valence-electron chi connectivity index (χ2n) is 6.27. The molecule has 1 heterocycles. The molecule has 1 aliphatic heterocycles. The third-order valence-electron chi connectivity index (χ3n) is 4.03. The first-order valence-corrected chi connectivity index (χ1v) is 8.36. The maximum absolute atomic E-state index is 12.0. The highest BCUT2D eigenvalue weighted by Crippen LogP contribution is 2.24. The van der Waals surface area contributed by atoms with Gasteiger partial charge in [0.05, 0.1) is 13.1 Å². The third kappa shape index (κ3) is 4.71. The van der Waals surface area contributed by atoms with Crippen molar-refractivity contribution in [2.45, 2.75) is 52.1 Å². The zero-order chi connectivity index (χ0) is 16.8. The molecule has 2 amide bonds. The number of benzene rings is 1. The molecule has 1 unspecified atom stereocenters. The van der Waals surface area contributed by atoms with E-state index < -0.39 is 0 Å². The Morgan fingerprint density at radius 2 is 2.04 bits per heavy atom. The molecule has 1 aromatic carbocycles. The molecule has 5 nitrogen and oxygen atoms in total. The van der Waals surface area contributed by atoms with Gasteiger partial charge in [-0.2, -0.15) is 0 Å². The minimum atomic E-state index is -0.352. The molecule has 1 aromatic rings. The van der Waals surface area contributed by atoms with Crippen molar-refractivity contribution in [3.63, 3.8) is 0 Å². The van der Waals surface area contributed by atoms with Gasteiger partial charge in [0.25, 0.3) is 0 Å². The summed E-state index contributed by atoms with van der Waals surface area (Å²) in [5, 5.41) is 2.83. The molecule has 0 aliphatic carbocycles. The van der Waals surface area contributed by atoms with Gasteiger partial charge < -0.3 is 10.1 Å². The summed E-state index contributed by atoms with van der Waals surface area (Å²) in [7, 11) is 0. The summed E-state index contributed by atoms with van der Waals surface area (Å²) in [5.74, 6) is 0.475. The SMILES string of the molecule is CCCCC(=O)NCC1CN(c2ccc(C(C)C)cc2)C(=O)O1. The lowest BCUT2D eigenvalue weighted by Gasteiger charge is -2.14. The van der Waals surface area contributed by atoms with E-state index in [1.807, 2.05) is 24.3 Å². The van der Waals surface area contributed by atoms with Gasteiger partial charge in [-0.1, -0.05) is 39.3 Å². The Morgan fingerprint density at radius 1 is 1.35 bits per heavy atom. The molecule has 1 N–H and O–H groups in total. The molecule has 23 heavy (non-hydrogen) atoms. The smallest absolute Gasteiger partial charge is 0.414 e. The molecule has 126 valence electrons. The molecule has 5 heteroatoms. The minimum Gasteiger partial charge on any atom is -0.442 e. The van der Waals surface area contributed by atoms with Gasteiger partial charge in [-0.15, -0.1) is 0 Å². The number of hydrogen-bond donors (Lipinski definition) is 1. The number of carbonyl (C=O) groups is 2. The average Bonchev–Trinajstić information content (AvgIpc) is 2.92. The van der Waals surface area contributed by atoms with E-state index in [0.717, 1.165) is 18.5 Å². The van der Waals surface area contributed by atoms with E-state index in [2.05, 4.69) is 26.1 Å². The summed E-state index contributed by atoms with van der Waals surface area (Å²) in [5.41, 5.74) is 2.07. The second kappa shape index (κ2) is 7.99. The fraction of sp³-hybridized carbons (Fsp3) is 0.556. The molecular formula is C18H26N2O3. The molecule has 1 aliphatic rings. The highest BCUT2D eigenvalue weighted by atomic mass is 16.6. The van der Waals surface area contributed by atoms with Crippen LogP contribution in [-0.4, -0.2) is 31.2 Å². The van der Waals surface area contributed by atoms with Crippen LogP contribution in [0.2, 0.25) is 0 Å².